The summed E-state index contributed by atoms with van der Waals surface area (Å²) in [4.78, 5) is 31.6. The molecular weight excluding hydrogens is 322 g/mol. The summed E-state index contributed by atoms with van der Waals surface area (Å²) in [7, 11) is 0. The van der Waals surface area contributed by atoms with Gasteiger partial charge in [0.15, 0.2) is 0 Å². The second-order valence-corrected chi connectivity index (χ2v) is 5.15. The molecule has 9 nitrogen and oxygen atoms in total. The highest BCUT2D eigenvalue weighted by Crippen LogP contribution is 2.08. The van der Waals surface area contributed by atoms with Crippen LogP contribution in [0.15, 0.2) is 60.0 Å². The molecule has 0 aliphatic heterocycles. The molecule has 0 aliphatic carbocycles. The van der Waals surface area contributed by atoms with Crippen LogP contribution in [-0.2, 0) is 11.3 Å². The Morgan fingerprint density at radius 1 is 1.12 bits per heavy atom. The molecule has 3 rings (SSSR count). The Morgan fingerprint density at radius 2 is 1.96 bits per heavy atom. The average Bonchev–Trinajstić information content (AvgIpc) is 3.16. The van der Waals surface area contributed by atoms with E-state index < -0.39 is 0 Å². The lowest BCUT2D eigenvalue weighted by Gasteiger charge is -2.09. The van der Waals surface area contributed by atoms with Gasteiger partial charge >= 0.3 is 0 Å². The van der Waals surface area contributed by atoms with Crippen molar-refractivity contribution in [1.29, 1.82) is 0 Å². The van der Waals surface area contributed by atoms with Crippen molar-refractivity contribution >= 4 is 11.7 Å². The number of nitrogens with zero attached hydrogens (tertiary/aromatic N) is 5. The molecule has 0 radical (unpaired) electrons. The first-order chi connectivity index (χ1) is 12.2. The molecule has 0 bridgehead atoms. The molecule has 0 spiro atoms. The van der Waals surface area contributed by atoms with Gasteiger partial charge in [-0.1, -0.05) is 0 Å². The number of hydrogen-bond donors (Lipinski definition) is 2. The fourth-order valence-corrected chi connectivity index (χ4v) is 2.16. The first kappa shape index (κ1) is 16.4. The molecule has 0 saturated carbocycles. The number of aromatic nitrogens is 5. The van der Waals surface area contributed by atoms with Crippen LogP contribution in [0.25, 0.3) is 5.82 Å². The number of rotatable bonds is 7. The summed E-state index contributed by atoms with van der Waals surface area (Å²) in [5.41, 5.74) is -0.311. The standard InChI is InChI=1S/C16H17N7O2/c24-15(11-23-16(25)4-3-5-21-23)18-7-6-17-13-10-14(20-12-19-13)22-8-1-2-9-22/h1-5,8-10,12H,6-7,11H2,(H,18,24)(H,17,19,20). The smallest absolute Gasteiger partial charge is 0.267 e. The molecule has 0 aromatic carbocycles. The van der Waals surface area contributed by atoms with Crippen LogP contribution < -0.4 is 16.2 Å². The lowest BCUT2D eigenvalue weighted by molar-refractivity contribution is -0.121. The summed E-state index contributed by atoms with van der Waals surface area (Å²) in [5, 5.41) is 9.67. The number of amides is 1. The molecule has 3 heterocycles. The van der Waals surface area contributed by atoms with Crippen LogP contribution in [0.3, 0.4) is 0 Å². The quantitative estimate of drug-likeness (QED) is 0.589. The number of anilines is 1. The van der Waals surface area contributed by atoms with E-state index in [1.54, 1.807) is 0 Å². The van der Waals surface area contributed by atoms with E-state index in [9.17, 15) is 9.59 Å². The second kappa shape index (κ2) is 7.86. The fraction of sp³-hybridized carbons (Fsp3) is 0.188. The zero-order valence-electron chi connectivity index (χ0n) is 13.4. The largest absolute Gasteiger partial charge is 0.368 e. The number of carbonyl (C=O) groups excluding carboxylic acids is 1. The Labute approximate surface area is 143 Å². The molecule has 0 saturated heterocycles. The molecule has 0 aliphatic rings. The summed E-state index contributed by atoms with van der Waals surface area (Å²) in [6.45, 7) is 0.777. The molecule has 1 amide bonds. The minimum absolute atomic E-state index is 0.106. The van der Waals surface area contributed by atoms with Crippen molar-refractivity contribution in [1.82, 2.24) is 29.6 Å². The van der Waals surface area contributed by atoms with Crippen molar-refractivity contribution in [3.05, 3.63) is 65.6 Å². The number of carbonyl (C=O) groups is 1. The van der Waals surface area contributed by atoms with Gasteiger partial charge in [-0.05, 0) is 18.2 Å². The molecule has 3 aromatic rings. The monoisotopic (exact) mass is 339 g/mol. The SMILES string of the molecule is O=C(Cn1ncccc1=O)NCCNc1cc(-n2cccc2)ncn1. The average molecular weight is 339 g/mol. The van der Waals surface area contributed by atoms with E-state index in [4.69, 9.17) is 0 Å². The topological polar surface area (TPSA) is 107 Å². The van der Waals surface area contributed by atoms with Gasteiger partial charge in [0, 0.05) is 43.8 Å². The Kier molecular flexibility index (Phi) is 5.15. The van der Waals surface area contributed by atoms with Gasteiger partial charge in [0.1, 0.15) is 24.5 Å². The van der Waals surface area contributed by atoms with Gasteiger partial charge in [-0.2, -0.15) is 5.10 Å². The van der Waals surface area contributed by atoms with Crippen molar-refractivity contribution in [2.45, 2.75) is 6.54 Å². The highest BCUT2D eigenvalue weighted by Gasteiger charge is 2.04. The number of hydrogen-bond acceptors (Lipinski definition) is 6. The molecule has 2 N–H and O–H groups in total. The molecule has 9 heteroatoms. The van der Waals surface area contributed by atoms with E-state index in [0.29, 0.717) is 18.9 Å². The van der Waals surface area contributed by atoms with Gasteiger partial charge in [0.2, 0.25) is 5.91 Å². The molecule has 0 fully saturated rings. The van der Waals surface area contributed by atoms with Crippen LogP contribution >= 0.6 is 0 Å². The van der Waals surface area contributed by atoms with Gasteiger partial charge in [-0.15, -0.1) is 0 Å². The van der Waals surface area contributed by atoms with Gasteiger partial charge in [-0.3, -0.25) is 9.59 Å². The Balaban J connectivity index is 1.46. The summed E-state index contributed by atoms with van der Waals surface area (Å²) in [6, 6.07) is 8.54. The van der Waals surface area contributed by atoms with E-state index in [2.05, 4.69) is 25.7 Å². The molecular formula is C16H17N7O2. The maximum Gasteiger partial charge on any atom is 0.267 e. The first-order valence-electron chi connectivity index (χ1n) is 7.70. The molecule has 3 aromatic heterocycles. The van der Waals surface area contributed by atoms with Crippen LogP contribution in [0.1, 0.15) is 0 Å². The van der Waals surface area contributed by atoms with Crippen LogP contribution in [-0.4, -0.2) is 43.3 Å². The Morgan fingerprint density at radius 3 is 2.76 bits per heavy atom. The third-order valence-corrected chi connectivity index (χ3v) is 3.35. The van der Waals surface area contributed by atoms with E-state index in [1.807, 2.05) is 35.2 Å². The van der Waals surface area contributed by atoms with Crippen LogP contribution in [0.5, 0.6) is 0 Å². The third-order valence-electron chi connectivity index (χ3n) is 3.35. The maximum absolute atomic E-state index is 11.8. The van der Waals surface area contributed by atoms with Crippen molar-refractivity contribution in [3.63, 3.8) is 0 Å². The third kappa shape index (κ3) is 4.50. The summed E-state index contributed by atoms with van der Waals surface area (Å²) in [6.07, 6.45) is 6.73. The second-order valence-electron chi connectivity index (χ2n) is 5.15. The minimum Gasteiger partial charge on any atom is -0.368 e. The van der Waals surface area contributed by atoms with E-state index in [1.165, 1.54) is 24.7 Å². The van der Waals surface area contributed by atoms with E-state index in [-0.39, 0.29) is 18.0 Å². The predicted octanol–water partition coefficient (Wildman–Crippen LogP) is 0.0523. The summed E-state index contributed by atoms with van der Waals surface area (Å²) in [5.74, 6) is 1.13. The Bertz CT molecular complexity index is 889. The summed E-state index contributed by atoms with van der Waals surface area (Å²) < 4.78 is 2.98. The molecule has 25 heavy (non-hydrogen) atoms. The predicted molar refractivity (Wildman–Crippen MR) is 91.4 cm³/mol. The maximum atomic E-state index is 11.8. The minimum atomic E-state index is -0.311. The van der Waals surface area contributed by atoms with Crippen LogP contribution in [0.4, 0.5) is 5.82 Å². The van der Waals surface area contributed by atoms with Crippen molar-refractivity contribution < 1.29 is 4.79 Å². The summed E-state index contributed by atoms with van der Waals surface area (Å²) >= 11 is 0. The van der Waals surface area contributed by atoms with Gasteiger partial charge in [0.05, 0.1) is 0 Å². The van der Waals surface area contributed by atoms with Crippen molar-refractivity contribution in [2.24, 2.45) is 0 Å². The highest BCUT2D eigenvalue weighted by molar-refractivity contribution is 5.75. The van der Waals surface area contributed by atoms with Crippen LogP contribution in [0, 0.1) is 0 Å². The Hall–Kier alpha value is -3.49. The zero-order valence-corrected chi connectivity index (χ0v) is 13.4. The first-order valence-corrected chi connectivity index (χ1v) is 7.70. The lowest BCUT2D eigenvalue weighted by atomic mass is 10.4. The molecule has 128 valence electrons. The number of nitrogens with one attached hydrogen (secondary N) is 2. The van der Waals surface area contributed by atoms with E-state index in [0.717, 1.165) is 10.5 Å². The van der Waals surface area contributed by atoms with Gasteiger partial charge < -0.3 is 15.2 Å². The fourth-order valence-electron chi connectivity index (χ4n) is 2.16. The van der Waals surface area contributed by atoms with E-state index >= 15 is 0 Å². The normalized spacial score (nSPS) is 10.4. The highest BCUT2D eigenvalue weighted by atomic mass is 16.2. The molecule has 0 atom stereocenters. The lowest BCUT2D eigenvalue weighted by Crippen LogP contribution is -2.35. The van der Waals surface area contributed by atoms with Crippen molar-refractivity contribution in [3.8, 4) is 5.82 Å². The van der Waals surface area contributed by atoms with Crippen LogP contribution in [0.2, 0.25) is 0 Å². The van der Waals surface area contributed by atoms with Crippen molar-refractivity contribution in [2.75, 3.05) is 18.4 Å². The molecule has 0 unspecified atom stereocenters. The van der Waals surface area contributed by atoms with Gasteiger partial charge in [0.25, 0.3) is 5.56 Å². The van der Waals surface area contributed by atoms with Gasteiger partial charge in [-0.25, -0.2) is 14.6 Å². The zero-order chi connectivity index (χ0) is 17.5.